The van der Waals surface area contributed by atoms with Crippen LogP contribution in [0.5, 0.6) is 0 Å². The van der Waals surface area contributed by atoms with E-state index in [1.165, 1.54) is 99.2 Å². The first-order valence-electron chi connectivity index (χ1n) is 20.6. The molecule has 6 aromatic rings. The number of nitrogens with zero attached hydrogens (tertiary/aromatic N) is 1. The van der Waals surface area contributed by atoms with Crippen LogP contribution in [0.4, 0.5) is 17.1 Å². The molecule has 4 saturated carbocycles. The summed E-state index contributed by atoms with van der Waals surface area (Å²) in [5, 5.41) is 0. The Balaban J connectivity index is 1.08. The summed E-state index contributed by atoms with van der Waals surface area (Å²) in [6, 6.07) is 51.7. The quantitative estimate of drug-likeness (QED) is 0.177. The molecule has 0 amide bonds. The number of benzene rings is 6. The van der Waals surface area contributed by atoms with Gasteiger partial charge in [0.05, 0.1) is 5.69 Å². The van der Waals surface area contributed by atoms with Gasteiger partial charge < -0.3 is 4.90 Å². The van der Waals surface area contributed by atoms with Crippen molar-refractivity contribution in [3.8, 4) is 33.4 Å². The van der Waals surface area contributed by atoms with E-state index in [9.17, 15) is 0 Å². The molecule has 0 aromatic heterocycles. The molecule has 6 aliphatic rings. The van der Waals surface area contributed by atoms with Crippen molar-refractivity contribution in [1.29, 1.82) is 0 Å². The summed E-state index contributed by atoms with van der Waals surface area (Å²) >= 11 is 0. The van der Waals surface area contributed by atoms with Crippen molar-refractivity contribution in [2.75, 3.05) is 4.90 Å². The zero-order valence-corrected chi connectivity index (χ0v) is 32.5. The zero-order valence-electron chi connectivity index (χ0n) is 32.5. The van der Waals surface area contributed by atoms with Crippen LogP contribution in [0, 0.1) is 23.7 Å². The number of rotatable bonds is 4. The van der Waals surface area contributed by atoms with Crippen LogP contribution in [0.25, 0.3) is 33.4 Å². The van der Waals surface area contributed by atoms with E-state index in [0.29, 0.717) is 0 Å². The van der Waals surface area contributed by atoms with Gasteiger partial charge in [0.1, 0.15) is 0 Å². The van der Waals surface area contributed by atoms with E-state index in [4.69, 9.17) is 0 Å². The molecule has 1 heteroatoms. The molecular weight excluding hydrogens is 651 g/mol. The average Bonchev–Trinajstić information content (AvgIpc) is 3.60. The molecule has 0 heterocycles. The number of hydrogen-bond acceptors (Lipinski definition) is 1. The summed E-state index contributed by atoms with van der Waals surface area (Å²) in [4.78, 5) is 2.52. The Morgan fingerprint density at radius 3 is 1.83 bits per heavy atom. The monoisotopic (exact) mass is 701 g/mol. The van der Waals surface area contributed by atoms with Gasteiger partial charge in [0.15, 0.2) is 0 Å². The molecule has 0 saturated heterocycles. The molecule has 12 rings (SSSR count). The van der Waals surface area contributed by atoms with Crippen LogP contribution < -0.4 is 4.90 Å². The Hall–Kier alpha value is -4.88. The Labute approximate surface area is 322 Å². The third-order valence-electron chi connectivity index (χ3n) is 14.8. The molecule has 1 spiro atoms. The third kappa shape index (κ3) is 4.45. The lowest BCUT2D eigenvalue weighted by Gasteiger charge is -2.61. The van der Waals surface area contributed by atoms with Gasteiger partial charge in [-0.3, -0.25) is 0 Å². The SMILES string of the molecule is CC(C)(C)c1ccc(N(c2cccc(-c3ccc4c(c3)C3(c5ccccc5-4)C4CC5CC(C4)CC3C5)c2)c2cccc3c2-c2ccccc2C3(C)C)cc1. The number of hydrogen-bond donors (Lipinski definition) is 0. The summed E-state index contributed by atoms with van der Waals surface area (Å²) in [6.45, 7) is 11.7. The standard InChI is InChI=1S/C53H51N/c1-51(2,3)37-21-23-40(24-22-37)54(49-19-11-18-47-50(49)44-15-7-8-16-45(44)52(47,4)5)41-13-10-12-35(31-41)36-20-25-43-42-14-6-9-17-46(42)53(48(43)32-36)38-27-33-26-34(29-38)30-39(53)28-33/h6-25,31-34,38-39H,26-30H2,1-5H3. The molecule has 0 aliphatic heterocycles. The Morgan fingerprint density at radius 1 is 0.500 bits per heavy atom. The van der Waals surface area contributed by atoms with Gasteiger partial charge in [-0.05, 0) is 153 Å². The van der Waals surface area contributed by atoms with E-state index in [2.05, 4.69) is 173 Å². The van der Waals surface area contributed by atoms with Crippen molar-refractivity contribution in [3.05, 3.63) is 161 Å². The van der Waals surface area contributed by atoms with E-state index in [1.807, 2.05) is 0 Å². The molecule has 0 unspecified atom stereocenters. The maximum Gasteiger partial charge on any atom is 0.0543 e. The maximum atomic E-state index is 2.64. The summed E-state index contributed by atoms with van der Waals surface area (Å²) in [5.74, 6) is 3.40. The maximum absolute atomic E-state index is 2.64. The Kier molecular flexibility index (Phi) is 6.83. The number of anilines is 3. The van der Waals surface area contributed by atoms with Gasteiger partial charge in [-0.15, -0.1) is 0 Å². The van der Waals surface area contributed by atoms with Crippen molar-refractivity contribution in [1.82, 2.24) is 0 Å². The molecule has 4 fully saturated rings. The predicted molar refractivity (Wildman–Crippen MR) is 226 cm³/mol. The van der Waals surface area contributed by atoms with Crippen molar-refractivity contribution < 1.29 is 0 Å². The minimum atomic E-state index is -0.0680. The highest BCUT2D eigenvalue weighted by Gasteiger charge is 2.61. The summed E-state index contributed by atoms with van der Waals surface area (Å²) < 4.78 is 0. The summed E-state index contributed by atoms with van der Waals surface area (Å²) in [5.41, 5.74) is 19.5. The highest BCUT2D eigenvalue weighted by Crippen LogP contribution is 2.69. The van der Waals surface area contributed by atoms with Gasteiger partial charge in [0, 0.05) is 27.8 Å². The predicted octanol–water partition coefficient (Wildman–Crippen LogP) is 14.1. The van der Waals surface area contributed by atoms with E-state index >= 15 is 0 Å². The molecule has 4 bridgehead atoms. The molecule has 6 aliphatic carbocycles. The van der Waals surface area contributed by atoms with Crippen molar-refractivity contribution >= 4 is 17.1 Å². The molecule has 0 radical (unpaired) electrons. The second kappa shape index (κ2) is 11.3. The van der Waals surface area contributed by atoms with E-state index in [-0.39, 0.29) is 16.2 Å². The van der Waals surface area contributed by atoms with Gasteiger partial charge in [0.2, 0.25) is 0 Å². The second-order valence-corrected chi connectivity index (χ2v) is 19.0. The van der Waals surface area contributed by atoms with Crippen LogP contribution >= 0.6 is 0 Å². The third-order valence-corrected chi connectivity index (χ3v) is 14.8. The van der Waals surface area contributed by atoms with E-state index < -0.39 is 0 Å². The van der Waals surface area contributed by atoms with Crippen LogP contribution in [0.15, 0.2) is 133 Å². The van der Waals surface area contributed by atoms with Gasteiger partial charge in [-0.2, -0.15) is 0 Å². The Bertz CT molecular complexity index is 2440. The lowest BCUT2D eigenvalue weighted by molar-refractivity contribution is -0.0399. The van der Waals surface area contributed by atoms with Crippen LogP contribution in [-0.4, -0.2) is 0 Å². The lowest BCUT2D eigenvalue weighted by Crippen LogP contribution is -2.55. The summed E-state index contributed by atoms with van der Waals surface area (Å²) in [6.07, 6.45) is 7.11. The minimum Gasteiger partial charge on any atom is -0.310 e. The smallest absolute Gasteiger partial charge is 0.0543 e. The average molecular weight is 702 g/mol. The molecule has 1 nitrogen and oxygen atoms in total. The molecule has 0 N–H and O–H groups in total. The first-order chi connectivity index (χ1) is 26.1. The largest absolute Gasteiger partial charge is 0.310 e. The molecule has 0 atom stereocenters. The highest BCUT2D eigenvalue weighted by atomic mass is 15.1. The molecular formula is C53H51N. The first kappa shape index (κ1) is 32.5. The van der Waals surface area contributed by atoms with Gasteiger partial charge >= 0.3 is 0 Å². The molecule has 268 valence electrons. The van der Waals surface area contributed by atoms with Crippen molar-refractivity contribution in [2.24, 2.45) is 23.7 Å². The van der Waals surface area contributed by atoms with Crippen LogP contribution in [0.3, 0.4) is 0 Å². The van der Waals surface area contributed by atoms with Crippen LogP contribution in [0.2, 0.25) is 0 Å². The first-order valence-corrected chi connectivity index (χ1v) is 20.6. The second-order valence-electron chi connectivity index (χ2n) is 19.0. The highest BCUT2D eigenvalue weighted by molar-refractivity contribution is 5.95. The van der Waals surface area contributed by atoms with Gasteiger partial charge in [-0.1, -0.05) is 132 Å². The fourth-order valence-electron chi connectivity index (χ4n) is 12.6. The summed E-state index contributed by atoms with van der Waals surface area (Å²) in [7, 11) is 0. The Morgan fingerprint density at radius 2 is 1.11 bits per heavy atom. The number of fused-ring (bicyclic) bond motifs is 6. The lowest BCUT2D eigenvalue weighted by atomic mass is 9.43. The van der Waals surface area contributed by atoms with E-state index in [1.54, 1.807) is 11.1 Å². The van der Waals surface area contributed by atoms with Crippen molar-refractivity contribution in [3.63, 3.8) is 0 Å². The topological polar surface area (TPSA) is 3.24 Å². The van der Waals surface area contributed by atoms with Gasteiger partial charge in [-0.25, -0.2) is 0 Å². The van der Waals surface area contributed by atoms with Gasteiger partial charge in [0.25, 0.3) is 0 Å². The fraction of sp³-hybridized carbons (Fsp3) is 0.321. The van der Waals surface area contributed by atoms with E-state index in [0.717, 1.165) is 23.7 Å². The van der Waals surface area contributed by atoms with Crippen LogP contribution in [0.1, 0.15) is 94.5 Å². The molecule has 54 heavy (non-hydrogen) atoms. The zero-order chi connectivity index (χ0) is 36.6. The normalized spacial score (nSPS) is 25.0. The fourth-order valence-corrected chi connectivity index (χ4v) is 12.6. The molecule has 6 aromatic carbocycles. The minimum absolute atomic E-state index is 0.0680. The van der Waals surface area contributed by atoms with Crippen LogP contribution in [-0.2, 0) is 16.2 Å². The van der Waals surface area contributed by atoms with Crippen molar-refractivity contribution in [2.45, 2.75) is 83.0 Å².